The third kappa shape index (κ3) is 4.00. The summed E-state index contributed by atoms with van der Waals surface area (Å²) in [5, 5.41) is 0. The molecule has 1 aliphatic carbocycles. The maximum absolute atomic E-state index is 13.8. The molecule has 0 aliphatic heterocycles. The molecular weight excluding hydrogens is 239 g/mol. The molecule has 104 valence electrons. The molecule has 2 rings (SSSR count). The van der Waals surface area contributed by atoms with Crippen LogP contribution in [0.1, 0.15) is 51.9 Å². The Morgan fingerprint density at radius 2 is 1.50 bits per heavy atom. The number of aromatic nitrogens is 1. The first-order valence-corrected chi connectivity index (χ1v) is 6.42. The molecule has 0 aromatic carbocycles. The standard InChI is InChI=1S/C10H10F3N.2C2H6/c1-7-3-2-4-8(14-7)9(11)5-10(12,13)6-9;2*1-2/h2-4H,5-6H2,1H3;2*1-2H3. The molecular formula is C14H22F3N. The van der Waals surface area contributed by atoms with Crippen molar-refractivity contribution in [2.75, 3.05) is 0 Å². The smallest absolute Gasteiger partial charge is 0.255 e. The van der Waals surface area contributed by atoms with Crippen molar-refractivity contribution in [1.82, 2.24) is 4.98 Å². The van der Waals surface area contributed by atoms with Gasteiger partial charge in [0.05, 0.1) is 18.5 Å². The Bertz CT molecular complexity index is 356. The van der Waals surface area contributed by atoms with Crippen molar-refractivity contribution in [3.05, 3.63) is 29.6 Å². The van der Waals surface area contributed by atoms with Crippen molar-refractivity contribution in [2.45, 2.75) is 59.1 Å². The molecule has 0 unspecified atom stereocenters. The zero-order chi connectivity index (χ0) is 14.4. The van der Waals surface area contributed by atoms with Crippen LogP contribution < -0.4 is 0 Å². The van der Waals surface area contributed by atoms with E-state index in [1.807, 2.05) is 27.7 Å². The molecule has 1 aliphatic rings. The van der Waals surface area contributed by atoms with Gasteiger partial charge in [0.2, 0.25) is 0 Å². The van der Waals surface area contributed by atoms with Crippen LogP contribution in [0.4, 0.5) is 13.2 Å². The summed E-state index contributed by atoms with van der Waals surface area (Å²) in [5.74, 6) is -2.86. The van der Waals surface area contributed by atoms with Crippen LogP contribution in [-0.4, -0.2) is 10.9 Å². The predicted molar refractivity (Wildman–Crippen MR) is 68.6 cm³/mol. The van der Waals surface area contributed by atoms with E-state index in [1.165, 1.54) is 6.07 Å². The van der Waals surface area contributed by atoms with Crippen LogP contribution in [-0.2, 0) is 5.67 Å². The first kappa shape index (κ1) is 16.9. The molecule has 18 heavy (non-hydrogen) atoms. The van der Waals surface area contributed by atoms with Crippen molar-refractivity contribution in [3.63, 3.8) is 0 Å². The predicted octanol–water partition coefficient (Wildman–Crippen LogP) is 5.04. The minimum atomic E-state index is -2.86. The first-order chi connectivity index (χ1) is 8.41. The summed E-state index contributed by atoms with van der Waals surface area (Å²) in [6.07, 6.45) is -1.48. The van der Waals surface area contributed by atoms with Gasteiger partial charge in [-0.25, -0.2) is 13.2 Å². The first-order valence-electron chi connectivity index (χ1n) is 6.42. The Hall–Kier alpha value is -1.06. The van der Waals surface area contributed by atoms with E-state index >= 15 is 0 Å². The molecule has 0 bridgehead atoms. The minimum absolute atomic E-state index is 0.128. The van der Waals surface area contributed by atoms with Crippen molar-refractivity contribution in [1.29, 1.82) is 0 Å². The van der Waals surface area contributed by atoms with Crippen LogP contribution in [0.15, 0.2) is 18.2 Å². The lowest BCUT2D eigenvalue weighted by atomic mass is 9.76. The zero-order valence-electron chi connectivity index (χ0n) is 11.7. The molecule has 1 heterocycles. The van der Waals surface area contributed by atoms with Crippen LogP contribution in [0.5, 0.6) is 0 Å². The van der Waals surface area contributed by atoms with E-state index in [0.717, 1.165) is 0 Å². The number of halogens is 3. The molecule has 0 saturated heterocycles. The van der Waals surface area contributed by atoms with Gasteiger partial charge in [0.15, 0.2) is 5.67 Å². The number of nitrogens with zero attached hydrogens (tertiary/aromatic N) is 1. The highest BCUT2D eigenvalue weighted by atomic mass is 19.3. The largest absolute Gasteiger partial charge is 0.255 e. The monoisotopic (exact) mass is 261 g/mol. The Morgan fingerprint density at radius 3 is 1.89 bits per heavy atom. The van der Waals surface area contributed by atoms with Gasteiger partial charge < -0.3 is 0 Å². The topological polar surface area (TPSA) is 12.9 Å². The summed E-state index contributed by atoms with van der Waals surface area (Å²) < 4.78 is 38.9. The quantitative estimate of drug-likeness (QED) is 0.690. The third-order valence-electron chi connectivity index (χ3n) is 2.43. The van der Waals surface area contributed by atoms with Crippen molar-refractivity contribution < 1.29 is 13.2 Å². The number of hydrogen-bond acceptors (Lipinski definition) is 1. The fraction of sp³-hybridized carbons (Fsp3) is 0.643. The molecule has 1 aromatic rings. The highest BCUT2D eigenvalue weighted by molar-refractivity contribution is 5.21. The molecule has 1 saturated carbocycles. The number of rotatable bonds is 1. The Kier molecular flexibility index (Phi) is 6.36. The van der Waals surface area contributed by atoms with E-state index in [-0.39, 0.29) is 5.69 Å². The van der Waals surface area contributed by atoms with Gasteiger partial charge in [-0.15, -0.1) is 0 Å². The maximum Gasteiger partial charge on any atom is 0.255 e. The summed E-state index contributed by atoms with van der Waals surface area (Å²) in [6, 6.07) is 4.81. The van der Waals surface area contributed by atoms with Crippen LogP contribution in [0.3, 0.4) is 0 Å². The van der Waals surface area contributed by atoms with Gasteiger partial charge in [-0.2, -0.15) is 0 Å². The average molecular weight is 261 g/mol. The molecule has 4 heteroatoms. The third-order valence-corrected chi connectivity index (χ3v) is 2.43. The molecule has 0 radical (unpaired) electrons. The van der Waals surface area contributed by atoms with E-state index in [2.05, 4.69) is 4.98 Å². The van der Waals surface area contributed by atoms with E-state index in [1.54, 1.807) is 19.1 Å². The summed E-state index contributed by atoms with van der Waals surface area (Å²) >= 11 is 0. The lowest BCUT2D eigenvalue weighted by molar-refractivity contribution is -0.176. The van der Waals surface area contributed by atoms with Gasteiger partial charge in [0.25, 0.3) is 5.92 Å². The Balaban J connectivity index is 0.000000659. The van der Waals surface area contributed by atoms with Gasteiger partial charge in [-0.05, 0) is 19.1 Å². The van der Waals surface area contributed by atoms with Crippen molar-refractivity contribution >= 4 is 0 Å². The summed E-state index contributed by atoms with van der Waals surface area (Å²) in [4.78, 5) is 3.92. The lowest BCUT2D eigenvalue weighted by Crippen LogP contribution is -2.46. The SMILES string of the molecule is CC.CC.Cc1cccc(C2(F)CC(F)(F)C2)n1. The van der Waals surface area contributed by atoms with Gasteiger partial charge in [0.1, 0.15) is 0 Å². The molecule has 1 aromatic heterocycles. The van der Waals surface area contributed by atoms with E-state index in [4.69, 9.17) is 0 Å². The second-order valence-electron chi connectivity index (χ2n) is 3.84. The summed E-state index contributed by atoms with van der Waals surface area (Å²) in [5.41, 5.74) is -1.15. The maximum atomic E-state index is 13.8. The zero-order valence-corrected chi connectivity index (χ0v) is 11.7. The summed E-state index contributed by atoms with van der Waals surface area (Å²) in [7, 11) is 0. The van der Waals surface area contributed by atoms with Crippen molar-refractivity contribution in [3.8, 4) is 0 Å². The second kappa shape index (κ2) is 6.76. The van der Waals surface area contributed by atoms with Gasteiger partial charge >= 0.3 is 0 Å². The number of hydrogen-bond donors (Lipinski definition) is 0. The highest BCUT2D eigenvalue weighted by Crippen LogP contribution is 2.53. The van der Waals surface area contributed by atoms with Crippen LogP contribution in [0.25, 0.3) is 0 Å². The van der Waals surface area contributed by atoms with E-state index < -0.39 is 24.4 Å². The molecule has 0 N–H and O–H groups in total. The number of pyridine rings is 1. The van der Waals surface area contributed by atoms with E-state index in [9.17, 15) is 13.2 Å². The van der Waals surface area contributed by atoms with Crippen molar-refractivity contribution in [2.24, 2.45) is 0 Å². The second-order valence-corrected chi connectivity index (χ2v) is 3.84. The minimum Gasteiger partial charge on any atom is -0.255 e. The summed E-state index contributed by atoms with van der Waals surface area (Å²) in [6.45, 7) is 9.71. The highest BCUT2D eigenvalue weighted by Gasteiger charge is 2.59. The van der Waals surface area contributed by atoms with Crippen LogP contribution in [0.2, 0.25) is 0 Å². The van der Waals surface area contributed by atoms with Gasteiger partial charge in [0, 0.05) is 5.69 Å². The van der Waals surface area contributed by atoms with Gasteiger partial charge in [-0.3, -0.25) is 4.98 Å². The molecule has 0 spiro atoms. The Labute approximate surface area is 107 Å². The number of aryl methyl sites for hydroxylation is 1. The molecule has 0 amide bonds. The molecule has 1 nitrogen and oxygen atoms in total. The van der Waals surface area contributed by atoms with Crippen LogP contribution in [0, 0.1) is 6.92 Å². The lowest BCUT2D eigenvalue weighted by Gasteiger charge is -2.40. The van der Waals surface area contributed by atoms with E-state index in [0.29, 0.717) is 5.69 Å². The van der Waals surface area contributed by atoms with Gasteiger partial charge in [-0.1, -0.05) is 33.8 Å². The Morgan fingerprint density at radius 1 is 1.00 bits per heavy atom. The fourth-order valence-corrected chi connectivity index (χ4v) is 1.74. The average Bonchev–Trinajstić information content (AvgIpc) is 2.32. The normalized spacial score (nSPS) is 18.4. The molecule has 0 atom stereocenters. The van der Waals surface area contributed by atoms with Crippen LogP contribution >= 0.6 is 0 Å². The number of alkyl halides is 3. The fourth-order valence-electron chi connectivity index (χ4n) is 1.74. The molecule has 1 fully saturated rings.